The van der Waals surface area contributed by atoms with Crippen molar-refractivity contribution in [2.45, 2.75) is 5.03 Å². The highest BCUT2D eigenvalue weighted by Gasteiger charge is 2.19. The van der Waals surface area contributed by atoms with E-state index in [1.54, 1.807) is 17.7 Å². The summed E-state index contributed by atoms with van der Waals surface area (Å²) in [7, 11) is 0. The van der Waals surface area contributed by atoms with E-state index in [1.165, 1.54) is 11.8 Å². The molecule has 1 amide bonds. The van der Waals surface area contributed by atoms with Gasteiger partial charge in [-0.05, 0) is 12.1 Å². The maximum absolute atomic E-state index is 12.4. The number of amides is 1. The lowest BCUT2D eigenvalue weighted by Gasteiger charge is -2.26. The monoisotopic (exact) mass is 396 g/mol. The molecule has 0 aliphatic carbocycles. The summed E-state index contributed by atoms with van der Waals surface area (Å²) >= 11 is 3.06. The maximum atomic E-state index is 12.4. The number of carbonyl (C=O) groups excluding carboxylic acids is 1. The second-order valence-corrected chi connectivity index (χ2v) is 8.24. The van der Waals surface area contributed by atoms with Crippen LogP contribution in [0.15, 0.2) is 41.7 Å². The van der Waals surface area contributed by atoms with Crippen LogP contribution < -0.4 is 0 Å². The van der Waals surface area contributed by atoms with Gasteiger partial charge in [-0.3, -0.25) is 4.79 Å². The van der Waals surface area contributed by atoms with Crippen molar-refractivity contribution in [1.82, 2.24) is 19.9 Å². The normalized spacial score (nSPS) is 15.0. The summed E-state index contributed by atoms with van der Waals surface area (Å²) in [5, 5.41) is 2.98. The first-order chi connectivity index (χ1) is 13.3. The molecule has 3 aromatic heterocycles. The number of ether oxygens (including phenoxy) is 1. The smallest absolute Gasteiger partial charge is 0.233 e. The Morgan fingerprint density at radius 1 is 1.22 bits per heavy atom. The van der Waals surface area contributed by atoms with Gasteiger partial charge in [-0.1, -0.05) is 30.0 Å². The summed E-state index contributed by atoms with van der Waals surface area (Å²) in [6.45, 7) is 2.56. The number of fused-ring (bicyclic) bond motifs is 4. The number of para-hydroxylation sites is 1. The lowest BCUT2D eigenvalue weighted by atomic mass is 10.2. The van der Waals surface area contributed by atoms with Gasteiger partial charge in [-0.15, -0.1) is 11.3 Å². The summed E-state index contributed by atoms with van der Waals surface area (Å²) in [4.78, 5) is 28.9. The SMILES string of the molecule is O=C(CSc1ncnc2c1sc1nc3ccccc3cc12)N1CCOCC1. The number of aromatic nitrogens is 3. The van der Waals surface area contributed by atoms with Gasteiger partial charge >= 0.3 is 0 Å². The van der Waals surface area contributed by atoms with Gasteiger partial charge in [0, 0.05) is 23.9 Å². The molecule has 136 valence electrons. The number of nitrogens with zero attached hydrogens (tertiary/aromatic N) is 4. The second kappa shape index (κ2) is 7.03. The Bertz CT molecular complexity index is 1150. The number of benzene rings is 1. The molecule has 0 atom stereocenters. The van der Waals surface area contributed by atoms with Crippen molar-refractivity contribution in [3.8, 4) is 0 Å². The Balaban J connectivity index is 1.49. The maximum Gasteiger partial charge on any atom is 0.233 e. The molecule has 1 aromatic carbocycles. The van der Waals surface area contributed by atoms with Crippen LogP contribution in [-0.4, -0.2) is 57.8 Å². The molecule has 0 radical (unpaired) electrons. The number of thioether (sulfide) groups is 1. The van der Waals surface area contributed by atoms with Gasteiger partial charge in [-0.25, -0.2) is 15.0 Å². The molecule has 1 aliphatic rings. The number of hydrogen-bond acceptors (Lipinski definition) is 7. The molecule has 8 heteroatoms. The van der Waals surface area contributed by atoms with Gasteiger partial charge in [0.15, 0.2) is 0 Å². The molecule has 1 aliphatic heterocycles. The minimum Gasteiger partial charge on any atom is -0.378 e. The van der Waals surface area contributed by atoms with E-state index < -0.39 is 0 Å². The van der Waals surface area contributed by atoms with Crippen molar-refractivity contribution in [3.05, 3.63) is 36.7 Å². The van der Waals surface area contributed by atoms with E-state index in [-0.39, 0.29) is 5.91 Å². The number of thiophene rings is 1. The fraction of sp³-hybridized carbons (Fsp3) is 0.263. The molecule has 1 fully saturated rings. The van der Waals surface area contributed by atoms with Crippen LogP contribution in [0.4, 0.5) is 0 Å². The van der Waals surface area contributed by atoms with Gasteiger partial charge in [0.05, 0.1) is 34.7 Å². The molecule has 0 unspecified atom stereocenters. The Labute approximate surface area is 163 Å². The number of pyridine rings is 1. The largest absolute Gasteiger partial charge is 0.378 e. The first-order valence-corrected chi connectivity index (χ1v) is 10.5. The minimum atomic E-state index is 0.125. The van der Waals surface area contributed by atoms with Gasteiger partial charge < -0.3 is 9.64 Å². The van der Waals surface area contributed by atoms with Crippen LogP contribution in [0.1, 0.15) is 0 Å². The minimum absolute atomic E-state index is 0.125. The van der Waals surface area contributed by atoms with Crippen LogP contribution in [0.5, 0.6) is 0 Å². The fourth-order valence-corrected chi connectivity index (χ4v) is 5.32. The predicted molar refractivity (Wildman–Crippen MR) is 108 cm³/mol. The topological polar surface area (TPSA) is 68.2 Å². The number of morpholine rings is 1. The van der Waals surface area contributed by atoms with E-state index in [4.69, 9.17) is 9.72 Å². The molecule has 1 saturated heterocycles. The quantitative estimate of drug-likeness (QED) is 0.391. The summed E-state index contributed by atoms with van der Waals surface area (Å²) in [5.41, 5.74) is 1.88. The zero-order valence-corrected chi connectivity index (χ0v) is 16.1. The molecule has 6 nitrogen and oxygen atoms in total. The Hall–Kier alpha value is -2.29. The molecule has 4 heterocycles. The van der Waals surface area contributed by atoms with Crippen LogP contribution >= 0.6 is 23.1 Å². The van der Waals surface area contributed by atoms with E-state index in [0.717, 1.165) is 36.4 Å². The Kier molecular flexibility index (Phi) is 4.39. The van der Waals surface area contributed by atoms with E-state index in [0.29, 0.717) is 32.1 Å². The van der Waals surface area contributed by atoms with E-state index in [9.17, 15) is 4.79 Å². The van der Waals surface area contributed by atoms with Crippen molar-refractivity contribution in [1.29, 1.82) is 0 Å². The van der Waals surface area contributed by atoms with Crippen LogP contribution in [0.3, 0.4) is 0 Å². The van der Waals surface area contributed by atoms with Crippen LogP contribution in [0.25, 0.3) is 31.3 Å². The third-order valence-corrected chi connectivity index (χ3v) is 6.81. The number of rotatable bonds is 3. The summed E-state index contributed by atoms with van der Waals surface area (Å²) in [5.74, 6) is 0.496. The number of hydrogen-bond donors (Lipinski definition) is 0. The van der Waals surface area contributed by atoms with E-state index in [1.807, 2.05) is 23.1 Å². The zero-order valence-electron chi connectivity index (χ0n) is 14.4. The van der Waals surface area contributed by atoms with Gasteiger partial charge in [0.2, 0.25) is 5.91 Å². The predicted octanol–water partition coefficient (Wildman–Crippen LogP) is 3.34. The van der Waals surface area contributed by atoms with E-state index >= 15 is 0 Å². The Morgan fingerprint density at radius 3 is 2.96 bits per heavy atom. The van der Waals surface area contributed by atoms with Crippen molar-refractivity contribution in [2.24, 2.45) is 0 Å². The average molecular weight is 396 g/mol. The summed E-state index contributed by atoms with van der Waals surface area (Å²) in [6, 6.07) is 10.2. The highest BCUT2D eigenvalue weighted by atomic mass is 32.2. The van der Waals surface area contributed by atoms with Gasteiger partial charge in [0.25, 0.3) is 0 Å². The van der Waals surface area contributed by atoms with Gasteiger partial charge in [0.1, 0.15) is 16.2 Å². The zero-order chi connectivity index (χ0) is 18.2. The lowest BCUT2D eigenvalue weighted by Crippen LogP contribution is -2.41. The van der Waals surface area contributed by atoms with Crippen LogP contribution in [0.2, 0.25) is 0 Å². The molecule has 0 N–H and O–H groups in total. The van der Waals surface area contributed by atoms with Crippen LogP contribution in [0, 0.1) is 0 Å². The van der Waals surface area contributed by atoms with Crippen molar-refractivity contribution < 1.29 is 9.53 Å². The lowest BCUT2D eigenvalue weighted by molar-refractivity contribution is -0.132. The molecule has 5 rings (SSSR count). The third-order valence-electron chi connectivity index (χ3n) is 4.61. The Morgan fingerprint density at radius 2 is 2.07 bits per heavy atom. The van der Waals surface area contributed by atoms with Gasteiger partial charge in [-0.2, -0.15) is 0 Å². The van der Waals surface area contributed by atoms with Crippen molar-refractivity contribution >= 4 is 60.3 Å². The van der Waals surface area contributed by atoms with Crippen molar-refractivity contribution in [3.63, 3.8) is 0 Å². The second-order valence-electron chi connectivity index (χ2n) is 6.27. The van der Waals surface area contributed by atoms with Crippen LogP contribution in [-0.2, 0) is 9.53 Å². The molecule has 0 saturated carbocycles. The molecule has 0 bridgehead atoms. The molecule has 4 aromatic rings. The van der Waals surface area contributed by atoms with Crippen molar-refractivity contribution in [2.75, 3.05) is 32.1 Å². The number of carbonyl (C=O) groups is 1. The fourth-order valence-electron chi connectivity index (χ4n) is 3.22. The van der Waals surface area contributed by atoms with E-state index in [2.05, 4.69) is 22.1 Å². The first-order valence-electron chi connectivity index (χ1n) is 8.71. The molecular formula is C19H16N4O2S2. The summed E-state index contributed by atoms with van der Waals surface area (Å²) < 4.78 is 6.31. The summed E-state index contributed by atoms with van der Waals surface area (Å²) in [6.07, 6.45) is 1.57. The first kappa shape index (κ1) is 16.9. The molecule has 27 heavy (non-hydrogen) atoms. The third kappa shape index (κ3) is 3.13. The highest BCUT2D eigenvalue weighted by molar-refractivity contribution is 8.00. The highest BCUT2D eigenvalue weighted by Crippen LogP contribution is 2.37. The molecular weight excluding hydrogens is 380 g/mol. The standard InChI is InChI=1S/C19H16N4O2S2/c24-15(23-5-7-25-8-6-23)10-26-19-17-16(20-11-21-19)13-9-12-3-1-2-4-14(12)22-18(13)27-17/h1-4,9,11H,5-8,10H2. The average Bonchev–Trinajstić information content (AvgIpc) is 3.09. The molecule has 0 spiro atoms.